The fourth-order valence-corrected chi connectivity index (χ4v) is 2.91. The average molecular weight is 261 g/mol. The van der Waals surface area contributed by atoms with E-state index in [9.17, 15) is 0 Å². The highest BCUT2D eigenvalue weighted by molar-refractivity contribution is 5.41. The number of methoxy groups -OCH3 is 1. The lowest BCUT2D eigenvalue weighted by molar-refractivity contribution is 0.410. The quantitative estimate of drug-likeness (QED) is 0.809. The highest BCUT2D eigenvalue weighted by Gasteiger charge is 2.30. The highest BCUT2D eigenvalue weighted by Crippen LogP contribution is 2.35. The normalized spacial score (nSPS) is 16.4. The third-order valence-corrected chi connectivity index (χ3v) is 4.24. The smallest absolute Gasteiger partial charge is 0.122 e. The van der Waals surface area contributed by atoms with E-state index < -0.39 is 0 Å². The van der Waals surface area contributed by atoms with Crippen LogP contribution in [-0.2, 0) is 6.42 Å². The maximum absolute atomic E-state index is 5.38. The first kappa shape index (κ1) is 14.4. The Labute approximate surface area is 117 Å². The minimum absolute atomic E-state index is 0.715. The molecule has 2 rings (SSSR count). The van der Waals surface area contributed by atoms with Gasteiger partial charge in [0.2, 0.25) is 0 Å². The molecule has 2 heteroatoms. The van der Waals surface area contributed by atoms with E-state index >= 15 is 0 Å². The van der Waals surface area contributed by atoms with Gasteiger partial charge in [0.25, 0.3) is 0 Å². The number of hydrogen-bond donors (Lipinski definition) is 1. The predicted octanol–water partition coefficient (Wildman–Crippen LogP) is 3.63. The Kier molecular flexibility index (Phi) is 4.87. The monoisotopic (exact) mass is 261 g/mol. The summed E-state index contributed by atoms with van der Waals surface area (Å²) in [5.74, 6) is 1.94. The Morgan fingerprint density at radius 2 is 2.00 bits per heavy atom. The van der Waals surface area contributed by atoms with Crippen molar-refractivity contribution in [2.45, 2.75) is 52.5 Å². The van der Waals surface area contributed by atoms with Gasteiger partial charge in [-0.3, -0.25) is 0 Å². The molecule has 1 aliphatic rings. The van der Waals surface area contributed by atoms with Crippen LogP contribution in [0.3, 0.4) is 0 Å². The minimum atomic E-state index is 0.715. The first-order chi connectivity index (χ1) is 9.15. The summed E-state index contributed by atoms with van der Waals surface area (Å²) < 4.78 is 5.38. The molecule has 1 atom stereocenters. The molecule has 19 heavy (non-hydrogen) atoms. The van der Waals surface area contributed by atoms with Crippen LogP contribution in [0.25, 0.3) is 0 Å². The molecule has 2 nitrogen and oxygen atoms in total. The van der Waals surface area contributed by atoms with E-state index in [1.165, 1.54) is 42.4 Å². The SMILES string of the molecule is CCNC(CCc1cc(C)c(OC)cc1C)C1CC1. The molecule has 0 radical (unpaired) electrons. The number of aryl methyl sites for hydroxylation is 3. The minimum Gasteiger partial charge on any atom is -0.496 e. The molecule has 106 valence electrons. The Balaban J connectivity index is 2.00. The Bertz CT molecular complexity index is 424. The van der Waals surface area contributed by atoms with Gasteiger partial charge in [0.1, 0.15) is 5.75 Å². The van der Waals surface area contributed by atoms with Crippen LogP contribution in [0, 0.1) is 19.8 Å². The van der Waals surface area contributed by atoms with Gasteiger partial charge in [0, 0.05) is 6.04 Å². The van der Waals surface area contributed by atoms with Gasteiger partial charge in [0.15, 0.2) is 0 Å². The van der Waals surface area contributed by atoms with Gasteiger partial charge >= 0.3 is 0 Å². The topological polar surface area (TPSA) is 21.3 Å². The summed E-state index contributed by atoms with van der Waals surface area (Å²) in [6, 6.07) is 5.18. The van der Waals surface area contributed by atoms with Crippen LogP contribution in [0.5, 0.6) is 5.75 Å². The van der Waals surface area contributed by atoms with Crippen molar-refractivity contribution in [2.24, 2.45) is 5.92 Å². The van der Waals surface area contributed by atoms with E-state index in [2.05, 4.69) is 38.2 Å². The third-order valence-electron chi connectivity index (χ3n) is 4.24. The van der Waals surface area contributed by atoms with Gasteiger partial charge < -0.3 is 10.1 Å². The van der Waals surface area contributed by atoms with Crippen molar-refractivity contribution < 1.29 is 4.74 Å². The summed E-state index contributed by atoms with van der Waals surface area (Å²) >= 11 is 0. The lowest BCUT2D eigenvalue weighted by Crippen LogP contribution is -2.31. The first-order valence-corrected chi connectivity index (χ1v) is 7.53. The van der Waals surface area contributed by atoms with Crippen molar-refractivity contribution in [1.82, 2.24) is 5.32 Å². The molecule has 0 aromatic heterocycles. The van der Waals surface area contributed by atoms with Crippen LogP contribution in [0.2, 0.25) is 0 Å². The van der Waals surface area contributed by atoms with Crippen LogP contribution in [-0.4, -0.2) is 19.7 Å². The molecule has 0 amide bonds. The van der Waals surface area contributed by atoms with Crippen LogP contribution in [0.4, 0.5) is 0 Å². The fraction of sp³-hybridized carbons (Fsp3) is 0.647. The van der Waals surface area contributed by atoms with E-state index in [1.54, 1.807) is 7.11 Å². The van der Waals surface area contributed by atoms with E-state index in [4.69, 9.17) is 4.74 Å². The molecule has 1 aromatic rings. The third kappa shape index (κ3) is 3.73. The largest absolute Gasteiger partial charge is 0.496 e. The fourth-order valence-electron chi connectivity index (χ4n) is 2.91. The number of nitrogens with one attached hydrogen (secondary N) is 1. The van der Waals surface area contributed by atoms with Gasteiger partial charge in [-0.15, -0.1) is 0 Å². The average Bonchev–Trinajstić information content (AvgIpc) is 3.22. The van der Waals surface area contributed by atoms with Crippen LogP contribution >= 0.6 is 0 Å². The standard InChI is InChI=1S/C17H27NO/c1-5-18-16(14-6-7-14)9-8-15-10-13(3)17(19-4)11-12(15)2/h10-11,14,16,18H,5-9H2,1-4H3. The molecule has 1 aliphatic carbocycles. The van der Waals surface area contributed by atoms with Crippen LogP contribution in [0.15, 0.2) is 12.1 Å². The first-order valence-electron chi connectivity index (χ1n) is 7.53. The summed E-state index contributed by atoms with van der Waals surface area (Å²) in [6.07, 6.45) is 5.26. The lowest BCUT2D eigenvalue weighted by atomic mass is 9.97. The van der Waals surface area contributed by atoms with Gasteiger partial charge in [-0.1, -0.05) is 13.0 Å². The second kappa shape index (κ2) is 6.42. The summed E-state index contributed by atoms with van der Waals surface area (Å²) in [7, 11) is 1.75. The second-order valence-electron chi connectivity index (χ2n) is 5.79. The lowest BCUT2D eigenvalue weighted by Gasteiger charge is -2.18. The van der Waals surface area contributed by atoms with Gasteiger partial charge in [-0.2, -0.15) is 0 Å². The molecular weight excluding hydrogens is 234 g/mol. The Hall–Kier alpha value is -1.02. The van der Waals surface area contributed by atoms with E-state index in [0.29, 0.717) is 6.04 Å². The van der Waals surface area contributed by atoms with Crippen LogP contribution < -0.4 is 10.1 Å². The molecule has 0 spiro atoms. The summed E-state index contributed by atoms with van der Waals surface area (Å²) in [6.45, 7) is 7.61. The van der Waals surface area contributed by atoms with Crippen molar-refractivity contribution in [3.63, 3.8) is 0 Å². The zero-order valence-corrected chi connectivity index (χ0v) is 12.8. The van der Waals surface area contributed by atoms with Gasteiger partial charge in [-0.25, -0.2) is 0 Å². The van der Waals surface area contributed by atoms with E-state index in [1.807, 2.05) is 0 Å². The Morgan fingerprint density at radius 1 is 1.26 bits per heavy atom. The number of ether oxygens (including phenoxy) is 1. The number of hydrogen-bond acceptors (Lipinski definition) is 2. The second-order valence-corrected chi connectivity index (χ2v) is 5.79. The molecule has 0 saturated heterocycles. The van der Waals surface area contributed by atoms with E-state index in [-0.39, 0.29) is 0 Å². The number of rotatable bonds is 7. The van der Waals surface area contributed by atoms with Gasteiger partial charge in [-0.05, 0) is 74.8 Å². The van der Waals surface area contributed by atoms with Crippen molar-refractivity contribution in [3.8, 4) is 5.75 Å². The highest BCUT2D eigenvalue weighted by atomic mass is 16.5. The van der Waals surface area contributed by atoms with Crippen molar-refractivity contribution in [3.05, 3.63) is 28.8 Å². The zero-order chi connectivity index (χ0) is 13.8. The maximum Gasteiger partial charge on any atom is 0.122 e. The van der Waals surface area contributed by atoms with Crippen LogP contribution in [0.1, 0.15) is 42.9 Å². The molecular formula is C17H27NO. The zero-order valence-electron chi connectivity index (χ0n) is 12.8. The molecule has 0 aliphatic heterocycles. The molecule has 1 fully saturated rings. The molecule has 0 heterocycles. The maximum atomic E-state index is 5.38. The molecule has 1 N–H and O–H groups in total. The van der Waals surface area contributed by atoms with Gasteiger partial charge in [0.05, 0.1) is 7.11 Å². The molecule has 1 unspecified atom stereocenters. The predicted molar refractivity (Wildman–Crippen MR) is 81.0 cm³/mol. The van der Waals surface area contributed by atoms with E-state index in [0.717, 1.165) is 18.2 Å². The number of benzene rings is 1. The molecule has 1 aromatic carbocycles. The van der Waals surface area contributed by atoms with Crippen molar-refractivity contribution in [1.29, 1.82) is 0 Å². The molecule has 1 saturated carbocycles. The summed E-state index contributed by atoms with van der Waals surface area (Å²) in [5.41, 5.74) is 4.07. The van der Waals surface area contributed by atoms with Crippen molar-refractivity contribution >= 4 is 0 Å². The Morgan fingerprint density at radius 3 is 2.58 bits per heavy atom. The summed E-state index contributed by atoms with van der Waals surface area (Å²) in [4.78, 5) is 0. The summed E-state index contributed by atoms with van der Waals surface area (Å²) in [5, 5.41) is 3.65. The molecule has 0 bridgehead atoms. The van der Waals surface area contributed by atoms with Crippen molar-refractivity contribution in [2.75, 3.05) is 13.7 Å².